The number of nitro benzene ring substituents is 1. The average Bonchev–Trinajstić information content (AvgIpc) is 2.55. The second kappa shape index (κ2) is 7.22. The van der Waals surface area contributed by atoms with Gasteiger partial charge in [0.15, 0.2) is 0 Å². The lowest BCUT2D eigenvalue weighted by Gasteiger charge is -2.08. The summed E-state index contributed by atoms with van der Waals surface area (Å²) in [7, 11) is 1.42. The van der Waals surface area contributed by atoms with Crippen molar-refractivity contribution in [3.63, 3.8) is 0 Å². The quantitative estimate of drug-likeness (QED) is 0.519. The van der Waals surface area contributed by atoms with Gasteiger partial charge in [-0.05, 0) is 30.7 Å². The van der Waals surface area contributed by atoms with E-state index in [0.717, 1.165) is 5.56 Å². The van der Waals surface area contributed by atoms with Gasteiger partial charge in [-0.25, -0.2) is 0 Å². The summed E-state index contributed by atoms with van der Waals surface area (Å²) >= 11 is 0. The monoisotopic (exact) mass is 312 g/mol. The molecule has 0 saturated carbocycles. The minimum absolute atomic E-state index is 0.126. The average molecular weight is 312 g/mol. The molecule has 2 aromatic rings. The maximum absolute atomic E-state index is 12.2. The van der Waals surface area contributed by atoms with E-state index < -0.39 is 10.8 Å². The first-order valence-corrected chi connectivity index (χ1v) is 6.88. The summed E-state index contributed by atoms with van der Waals surface area (Å²) in [5.41, 5.74) is 1.23. The van der Waals surface area contributed by atoms with Crippen molar-refractivity contribution < 1.29 is 14.5 Å². The molecule has 6 nitrogen and oxygen atoms in total. The highest BCUT2D eigenvalue weighted by Crippen LogP contribution is 2.29. The SMILES string of the molecule is COc1ccc(NC(=O)/C(C)=C/c2ccccc2)c([N+](=O)[O-])c1. The Morgan fingerprint density at radius 1 is 1.22 bits per heavy atom. The van der Waals surface area contributed by atoms with Crippen molar-refractivity contribution in [3.05, 3.63) is 69.8 Å². The molecule has 0 bridgehead atoms. The Morgan fingerprint density at radius 3 is 2.52 bits per heavy atom. The van der Waals surface area contributed by atoms with Crippen LogP contribution >= 0.6 is 0 Å². The van der Waals surface area contributed by atoms with Crippen molar-refractivity contribution in [2.75, 3.05) is 12.4 Å². The van der Waals surface area contributed by atoms with E-state index in [0.29, 0.717) is 11.3 Å². The molecule has 0 atom stereocenters. The maximum Gasteiger partial charge on any atom is 0.296 e. The summed E-state index contributed by atoms with van der Waals surface area (Å²) in [6, 6.07) is 13.6. The molecule has 0 fully saturated rings. The fraction of sp³-hybridized carbons (Fsp3) is 0.118. The molecule has 118 valence electrons. The van der Waals surface area contributed by atoms with Crippen molar-refractivity contribution in [2.24, 2.45) is 0 Å². The fourth-order valence-corrected chi connectivity index (χ4v) is 1.98. The van der Waals surface area contributed by atoms with E-state index >= 15 is 0 Å². The number of nitrogens with zero attached hydrogens (tertiary/aromatic N) is 1. The highest BCUT2D eigenvalue weighted by Gasteiger charge is 2.17. The van der Waals surface area contributed by atoms with Gasteiger partial charge in [0.1, 0.15) is 11.4 Å². The molecule has 23 heavy (non-hydrogen) atoms. The number of nitrogens with one attached hydrogen (secondary N) is 1. The van der Waals surface area contributed by atoms with Crippen LogP contribution in [0.15, 0.2) is 54.1 Å². The number of nitro groups is 1. The molecule has 0 spiro atoms. The van der Waals surface area contributed by atoms with Gasteiger partial charge in [0.05, 0.1) is 18.1 Å². The van der Waals surface area contributed by atoms with Crippen LogP contribution in [0.2, 0.25) is 0 Å². The lowest BCUT2D eigenvalue weighted by molar-refractivity contribution is -0.384. The Kier molecular flexibility index (Phi) is 5.09. The van der Waals surface area contributed by atoms with Crippen molar-refractivity contribution >= 4 is 23.4 Å². The number of amides is 1. The maximum atomic E-state index is 12.2. The molecule has 0 heterocycles. The molecule has 0 radical (unpaired) electrons. The molecule has 6 heteroatoms. The number of ether oxygens (including phenoxy) is 1. The van der Waals surface area contributed by atoms with Gasteiger partial charge in [-0.1, -0.05) is 30.3 Å². The summed E-state index contributed by atoms with van der Waals surface area (Å²) in [5.74, 6) is -0.0478. The summed E-state index contributed by atoms with van der Waals surface area (Å²) in [5, 5.41) is 13.7. The smallest absolute Gasteiger partial charge is 0.296 e. The van der Waals surface area contributed by atoms with Gasteiger partial charge in [0.2, 0.25) is 0 Å². The minimum Gasteiger partial charge on any atom is -0.496 e. The molecule has 0 aliphatic rings. The van der Waals surface area contributed by atoms with Crippen molar-refractivity contribution in [3.8, 4) is 5.75 Å². The normalized spacial score (nSPS) is 11.0. The van der Waals surface area contributed by atoms with E-state index in [1.54, 1.807) is 19.1 Å². The highest BCUT2D eigenvalue weighted by atomic mass is 16.6. The van der Waals surface area contributed by atoms with Gasteiger partial charge < -0.3 is 10.1 Å². The van der Waals surface area contributed by atoms with Crippen LogP contribution < -0.4 is 10.1 Å². The lowest BCUT2D eigenvalue weighted by Crippen LogP contribution is -2.13. The van der Waals surface area contributed by atoms with Crippen LogP contribution in [0.3, 0.4) is 0 Å². The van der Waals surface area contributed by atoms with Crippen LogP contribution in [0.25, 0.3) is 6.08 Å². The fourth-order valence-electron chi connectivity index (χ4n) is 1.98. The predicted molar refractivity (Wildman–Crippen MR) is 88.4 cm³/mol. The van der Waals surface area contributed by atoms with Gasteiger partial charge in [-0.3, -0.25) is 14.9 Å². The molecule has 1 amide bonds. The zero-order chi connectivity index (χ0) is 16.8. The third-order valence-corrected chi connectivity index (χ3v) is 3.19. The third kappa shape index (κ3) is 4.16. The van der Waals surface area contributed by atoms with Crippen LogP contribution in [0.5, 0.6) is 5.75 Å². The molecule has 0 aliphatic carbocycles. The molecular weight excluding hydrogens is 296 g/mol. The van der Waals surface area contributed by atoms with Gasteiger partial charge in [-0.2, -0.15) is 0 Å². The van der Waals surface area contributed by atoms with Crippen LogP contribution in [-0.4, -0.2) is 17.9 Å². The molecule has 0 aliphatic heterocycles. The summed E-state index contributed by atoms with van der Waals surface area (Å²) in [6.07, 6.45) is 1.71. The number of benzene rings is 2. The first-order chi connectivity index (χ1) is 11.0. The Labute approximate surface area is 133 Å². The molecule has 2 aromatic carbocycles. The molecule has 0 aromatic heterocycles. The second-order valence-corrected chi connectivity index (χ2v) is 4.83. The zero-order valence-electron chi connectivity index (χ0n) is 12.8. The van der Waals surface area contributed by atoms with Crippen molar-refractivity contribution in [2.45, 2.75) is 6.92 Å². The molecule has 2 rings (SSSR count). The van der Waals surface area contributed by atoms with Gasteiger partial charge in [0, 0.05) is 5.57 Å². The number of hydrogen-bond donors (Lipinski definition) is 1. The molecule has 0 unspecified atom stereocenters. The first kappa shape index (κ1) is 16.2. The molecular formula is C17H16N2O4. The van der Waals surface area contributed by atoms with E-state index in [4.69, 9.17) is 4.74 Å². The highest BCUT2D eigenvalue weighted by molar-refractivity contribution is 6.07. The number of carbonyl (C=O) groups excluding carboxylic acids is 1. The van der Waals surface area contributed by atoms with Crippen LogP contribution in [-0.2, 0) is 4.79 Å². The Morgan fingerprint density at radius 2 is 1.91 bits per heavy atom. The van der Waals surface area contributed by atoms with Crippen LogP contribution in [0, 0.1) is 10.1 Å². The summed E-state index contributed by atoms with van der Waals surface area (Å²) < 4.78 is 4.96. The van der Waals surface area contributed by atoms with E-state index in [9.17, 15) is 14.9 Å². The number of methoxy groups -OCH3 is 1. The first-order valence-electron chi connectivity index (χ1n) is 6.88. The van der Waals surface area contributed by atoms with Crippen LogP contribution in [0.4, 0.5) is 11.4 Å². The van der Waals surface area contributed by atoms with Crippen molar-refractivity contribution in [1.82, 2.24) is 0 Å². The van der Waals surface area contributed by atoms with E-state index in [1.807, 2.05) is 30.3 Å². The number of anilines is 1. The van der Waals surface area contributed by atoms with E-state index in [1.165, 1.54) is 19.2 Å². The van der Waals surface area contributed by atoms with Gasteiger partial charge >= 0.3 is 0 Å². The van der Waals surface area contributed by atoms with Crippen LogP contribution in [0.1, 0.15) is 12.5 Å². The molecule has 0 saturated heterocycles. The number of hydrogen-bond acceptors (Lipinski definition) is 4. The largest absolute Gasteiger partial charge is 0.496 e. The minimum atomic E-state index is -0.561. The summed E-state index contributed by atoms with van der Waals surface area (Å²) in [6.45, 7) is 1.65. The number of rotatable bonds is 5. The second-order valence-electron chi connectivity index (χ2n) is 4.83. The van der Waals surface area contributed by atoms with Crippen molar-refractivity contribution in [1.29, 1.82) is 0 Å². The summed E-state index contributed by atoms with van der Waals surface area (Å²) in [4.78, 5) is 22.8. The van der Waals surface area contributed by atoms with E-state index in [-0.39, 0.29) is 11.4 Å². The Bertz CT molecular complexity index is 754. The zero-order valence-corrected chi connectivity index (χ0v) is 12.8. The standard InChI is InChI=1S/C17H16N2O4/c1-12(10-13-6-4-3-5-7-13)17(20)18-15-9-8-14(23-2)11-16(15)19(21)22/h3-11H,1-2H3,(H,18,20)/b12-10+. The predicted octanol–water partition coefficient (Wildman–Crippen LogP) is 3.65. The Hall–Kier alpha value is -3.15. The third-order valence-electron chi connectivity index (χ3n) is 3.19. The van der Waals surface area contributed by atoms with Gasteiger partial charge in [0.25, 0.3) is 11.6 Å². The lowest BCUT2D eigenvalue weighted by atomic mass is 10.1. The van der Waals surface area contributed by atoms with Gasteiger partial charge in [-0.15, -0.1) is 0 Å². The van der Waals surface area contributed by atoms with E-state index in [2.05, 4.69) is 5.32 Å². The topological polar surface area (TPSA) is 81.5 Å². The number of carbonyl (C=O) groups is 1. The molecule has 1 N–H and O–H groups in total. The Balaban J connectivity index is 2.23.